The van der Waals surface area contributed by atoms with Crippen LogP contribution in [0.3, 0.4) is 0 Å². The van der Waals surface area contributed by atoms with Crippen LogP contribution in [0.4, 0.5) is 11.4 Å². The van der Waals surface area contributed by atoms with Crippen molar-refractivity contribution in [2.75, 3.05) is 5.32 Å². The Labute approximate surface area is 142 Å². The standard InChI is InChI=1S/C15H17BrN4O3/c1-8-7-12(16)5-6-13(8)17-15(21)11(4)19-10(3)14(20(22)23)9(2)18-19/h5-7,11H,1-4H3,(H,17,21)/t11-/m1/s1. The van der Waals surface area contributed by atoms with Crippen molar-refractivity contribution in [3.05, 3.63) is 49.7 Å². The Kier molecular flexibility index (Phi) is 4.84. The second-order valence-electron chi connectivity index (χ2n) is 5.35. The number of hydrogen-bond donors (Lipinski definition) is 1. The van der Waals surface area contributed by atoms with Crippen molar-refractivity contribution < 1.29 is 9.72 Å². The second kappa shape index (κ2) is 6.49. The third kappa shape index (κ3) is 3.42. The Morgan fingerprint density at radius 2 is 2.04 bits per heavy atom. The third-order valence-corrected chi connectivity index (χ3v) is 4.16. The first-order chi connectivity index (χ1) is 10.7. The molecule has 1 atom stereocenters. The maximum Gasteiger partial charge on any atom is 0.312 e. The zero-order valence-electron chi connectivity index (χ0n) is 13.3. The van der Waals surface area contributed by atoms with E-state index >= 15 is 0 Å². The molecule has 0 fully saturated rings. The molecular weight excluding hydrogens is 364 g/mol. The van der Waals surface area contributed by atoms with Crippen molar-refractivity contribution >= 4 is 33.2 Å². The molecule has 1 N–H and O–H groups in total. The summed E-state index contributed by atoms with van der Waals surface area (Å²) in [6.45, 7) is 6.70. The molecule has 8 heteroatoms. The number of aromatic nitrogens is 2. The first-order valence-corrected chi connectivity index (χ1v) is 7.78. The van der Waals surface area contributed by atoms with Gasteiger partial charge in [0, 0.05) is 10.2 Å². The number of aryl methyl sites for hydroxylation is 2. The van der Waals surface area contributed by atoms with E-state index in [-0.39, 0.29) is 11.6 Å². The van der Waals surface area contributed by atoms with Gasteiger partial charge in [-0.2, -0.15) is 5.10 Å². The predicted molar refractivity (Wildman–Crippen MR) is 90.6 cm³/mol. The SMILES string of the molecule is Cc1cc(Br)ccc1NC(=O)[C@@H](C)n1nc(C)c([N+](=O)[O-])c1C. The molecule has 0 radical (unpaired) electrons. The summed E-state index contributed by atoms with van der Waals surface area (Å²) < 4.78 is 2.31. The van der Waals surface area contributed by atoms with Crippen LogP contribution in [0.1, 0.15) is 29.9 Å². The molecule has 0 spiro atoms. The molecule has 1 heterocycles. The van der Waals surface area contributed by atoms with Gasteiger partial charge in [-0.1, -0.05) is 15.9 Å². The van der Waals surface area contributed by atoms with Crippen LogP contribution < -0.4 is 5.32 Å². The summed E-state index contributed by atoms with van der Waals surface area (Å²) in [6.07, 6.45) is 0. The Morgan fingerprint density at radius 3 is 2.57 bits per heavy atom. The fraction of sp³-hybridized carbons (Fsp3) is 0.333. The second-order valence-corrected chi connectivity index (χ2v) is 6.26. The Morgan fingerprint density at radius 1 is 1.39 bits per heavy atom. The summed E-state index contributed by atoms with van der Waals surface area (Å²) in [5.74, 6) is -0.282. The predicted octanol–water partition coefficient (Wildman–Crippen LogP) is 3.68. The molecule has 0 unspecified atom stereocenters. The maximum atomic E-state index is 12.4. The number of carbonyl (C=O) groups is 1. The lowest BCUT2D eigenvalue weighted by molar-refractivity contribution is -0.386. The monoisotopic (exact) mass is 380 g/mol. The average Bonchev–Trinajstić information content (AvgIpc) is 2.76. The Balaban J connectivity index is 2.27. The summed E-state index contributed by atoms with van der Waals surface area (Å²) in [7, 11) is 0. The van der Waals surface area contributed by atoms with E-state index in [1.807, 2.05) is 19.1 Å². The topological polar surface area (TPSA) is 90.1 Å². The van der Waals surface area contributed by atoms with Gasteiger partial charge in [0.15, 0.2) is 0 Å². The molecule has 1 amide bonds. The van der Waals surface area contributed by atoms with Crippen molar-refractivity contribution in [2.45, 2.75) is 33.7 Å². The molecule has 1 aromatic carbocycles. The molecule has 0 aliphatic rings. The van der Waals surface area contributed by atoms with Gasteiger partial charge in [-0.15, -0.1) is 0 Å². The highest BCUT2D eigenvalue weighted by molar-refractivity contribution is 9.10. The minimum absolute atomic E-state index is 0.0514. The zero-order valence-corrected chi connectivity index (χ0v) is 14.8. The van der Waals surface area contributed by atoms with Crippen LogP contribution in [-0.4, -0.2) is 20.6 Å². The first-order valence-electron chi connectivity index (χ1n) is 6.99. The van der Waals surface area contributed by atoms with E-state index in [1.165, 1.54) is 4.68 Å². The Hall–Kier alpha value is -2.22. The number of nitrogens with zero attached hydrogens (tertiary/aromatic N) is 3. The molecule has 0 aliphatic heterocycles. The number of nitrogens with one attached hydrogen (secondary N) is 1. The van der Waals surface area contributed by atoms with Crippen molar-refractivity contribution in [1.29, 1.82) is 0 Å². The molecule has 2 aromatic rings. The molecule has 2 rings (SSSR count). The van der Waals surface area contributed by atoms with Gasteiger partial charge in [-0.3, -0.25) is 19.6 Å². The van der Waals surface area contributed by atoms with Crippen molar-refractivity contribution in [3.63, 3.8) is 0 Å². The van der Waals surface area contributed by atoms with Gasteiger partial charge in [0.05, 0.1) is 4.92 Å². The Bertz CT molecular complexity index is 785. The molecular formula is C15H17BrN4O3. The van der Waals surface area contributed by atoms with E-state index in [9.17, 15) is 14.9 Å². The molecule has 0 saturated carbocycles. The highest BCUT2D eigenvalue weighted by Crippen LogP contribution is 2.26. The lowest BCUT2D eigenvalue weighted by atomic mass is 10.2. The van der Waals surface area contributed by atoms with Gasteiger partial charge >= 0.3 is 5.69 Å². The highest BCUT2D eigenvalue weighted by atomic mass is 79.9. The van der Waals surface area contributed by atoms with Crippen LogP contribution in [0.25, 0.3) is 0 Å². The van der Waals surface area contributed by atoms with E-state index in [2.05, 4.69) is 26.3 Å². The fourth-order valence-corrected chi connectivity index (χ4v) is 2.89. The highest BCUT2D eigenvalue weighted by Gasteiger charge is 2.27. The number of rotatable bonds is 4. The molecule has 122 valence electrons. The molecule has 0 saturated heterocycles. The summed E-state index contributed by atoms with van der Waals surface area (Å²) >= 11 is 3.37. The van der Waals surface area contributed by atoms with E-state index in [1.54, 1.807) is 26.8 Å². The van der Waals surface area contributed by atoms with Crippen LogP contribution in [-0.2, 0) is 4.79 Å². The van der Waals surface area contributed by atoms with E-state index < -0.39 is 11.0 Å². The molecule has 7 nitrogen and oxygen atoms in total. The zero-order chi connectivity index (χ0) is 17.3. The van der Waals surface area contributed by atoms with Crippen LogP contribution in [0, 0.1) is 30.9 Å². The lowest BCUT2D eigenvalue weighted by Crippen LogP contribution is -2.25. The van der Waals surface area contributed by atoms with Gasteiger partial charge in [-0.05, 0) is 51.5 Å². The summed E-state index contributed by atoms with van der Waals surface area (Å²) in [4.78, 5) is 23.0. The number of hydrogen-bond acceptors (Lipinski definition) is 4. The average molecular weight is 381 g/mol. The quantitative estimate of drug-likeness (QED) is 0.646. The maximum absolute atomic E-state index is 12.4. The number of benzene rings is 1. The normalized spacial score (nSPS) is 12.0. The number of amides is 1. The van der Waals surface area contributed by atoms with Crippen molar-refractivity contribution in [2.24, 2.45) is 0 Å². The molecule has 1 aromatic heterocycles. The van der Waals surface area contributed by atoms with E-state index in [4.69, 9.17) is 0 Å². The number of halogens is 1. The van der Waals surface area contributed by atoms with E-state index in [0.29, 0.717) is 17.1 Å². The van der Waals surface area contributed by atoms with E-state index in [0.717, 1.165) is 10.0 Å². The number of carbonyl (C=O) groups excluding carboxylic acids is 1. The van der Waals surface area contributed by atoms with Crippen LogP contribution in [0.15, 0.2) is 22.7 Å². The van der Waals surface area contributed by atoms with Crippen LogP contribution in [0.2, 0.25) is 0 Å². The first kappa shape index (κ1) is 17.1. The third-order valence-electron chi connectivity index (χ3n) is 3.66. The lowest BCUT2D eigenvalue weighted by Gasteiger charge is -2.15. The number of anilines is 1. The summed E-state index contributed by atoms with van der Waals surface area (Å²) in [5.41, 5.74) is 2.22. The van der Waals surface area contributed by atoms with Gasteiger partial charge in [-0.25, -0.2) is 0 Å². The van der Waals surface area contributed by atoms with Gasteiger partial charge in [0.25, 0.3) is 0 Å². The molecule has 23 heavy (non-hydrogen) atoms. The molecule has 0 bridgehead atoms. The largest absolute Gasteiger partial charge is 0.324 e. The van der Waals surface area contributed by atoms with Crippen molar-refractivity contribution in [1.82, 2.24) is 9.78 Å². The van der Waals surface area contributed by atoms with Crippen molar-refractivity contribution in [3.8, 4) is 0 Å². The minimum atomic E-state index is -0.662. The summed E-state index contributed by atoms with van der Waals surface area (Å²) in [6, 6.07) is 4.87. The summed E-state index contributed by atoms with van der Waals surface area (Å²) in [5, 5.41) is 18.0. The van der Waals surface area contributed by atoms with Gasteiger partial charge < -0.3 is 5.32 Å². The van der Waals surface area contributed by atoms with Crippen LogP contribution >= 0.6 is 15.9 Å². The van der Waals surface area contributed by atoms with Gasteiger partial charge in [0.2, 0.25) is 5.91 Å². The molecule has 0 aliphatic carbocycles. The number of nitro groups is 1. The smallest absolute Gasteiger partial charge is 0.312 e. The minimum Gasteiger partial charge on any atom is -0.324 e. The van der Waals surface area contributed by atoms with Gasteiger partial charge in [0.1, 0.15) is 17.4 Å². The fourth-order valence-electron chi connectivity index (χ4n) is 2.41. The van der Waals surface area contributed by atoms with Crippen LogP contribution in [0.5, 0.6) is 0 Å².